The van der Waals surface area contributed by atoms with E-state index < -0.39 is 0 Å². The highest BCUT2D eigenvalue weighted by Crippen LogP contribution is 2.65. The smallest absolute Gasteiger partial charge is 0.309 e. The van der Waals surface area contributed by atoms with Crippen LogP contribution in [-0.4, -0.2) is 23.1 Å². The highest BCUT2D eigenvalue weighted by molar-refractivity contribution is 5.74. The molecule has 10 unspecified atom stereocenters. The van der Waals surface area contributed by atoms with Crippen LogP contribution in [0.5, 0.6) is 0 Å². The van der Waals surface area contributed by atoms with Crippen molar-refractivity contribution >= 4 is 11.9 Å². The van der Waals surface area contributed by atoms with Gasteiger partial charge in [0.05, 0.1) is 11.8 Å². The Kier molecular flexibility index (Phi) is 13.1. The Morgan fingerprint density at radius 1 is 0.667 bits per heavy atom. The molecule has 2 bridgehead atoms. The molecule has 0 saturated heterocycles. The van der Waals surface area contributed by atoms with Crippen LogP contribution < -0.4 is 0 Å². The maximum Gasteiger partial charge on any atom is 0.309 e. The van der Waals surface area contributed by atoms with Crippen LogP contribution >= 0.6 is 0 Å². The van der Waals surface area contributed by atoms with Gasteiger partial charge >= 0.3 is 11.9 Å². The van der Waals surface area contributed by atoms with E-state index in [1.165, 1.54) is 32.1 Å². The first kappa shape index (κ1) is 36.0. The zero-order valence-corrected chi connectivity index (χ0v) is 25.8. The fourth-order valence-electron chi connectivity index (χ4n) is 8.84. The molecule has 0 heterocycles. The zero-order valence-electron chi connectivity index (χ0n) is 25.8. The molecule has 0 aromatic carbocycles. The molecule has 4 rings (SSSR count). The minimum absolute atomic E-state index is 0. The predicted molar refractivity (Wildman–Crippen MR) is 164 cm³/mol. The largest absolute Gasteiger partial charge is 0.460 e. The number of hydrogen-bond acceptors (Lipinski definition) is 4. The maximum atomic E-state index is 12.6. The van der Waals surface area contributed by atoms with Gasteiger partial charge in [0.25, 0.3) is 0 Å². The molecule has 4 saturated carbocycles. The second kappa shape index (κ2) is 14.2. The summed E-state index contributed by atoms with van der Waals surface area (Å²) in [5, 5.41) is 0. The summed E-state index contributed by atoms with van der Waals surface area (Å²) in [5.74, 6) is 6.57. The molecule has 0 radical (unpaired) electrons. The second-order valence-electron chi connectivity index (χ2n) is 15.2. The maximum absolute atomic E-state index is 12.6. The standard InChI is InChI=1S/C19H32O2.C14H26O2.2CH4/c1-6-7-12-8-11(2)16-13-9-14(17(12)16)15(10-13)18(20)21-19(3,4)5;1-6-7-11-8-10(2)9-12(11)13(15)16-14(3,4)5;;/h11-17H,6-10H2,1-5H3;10-12H,6-9H2,1-5H3;2*1H4. The molecule has 0 spiro atoms. The van der Waals surface area contributed by atoms with Crippen molar-refractivity contribution < 1.29 is 19.1 Å². The molecule has 39 heavy (non-hydrogen) atoms. The van der Waals surface area contributed by atoms with E-state index >= 15 is 0 Å². The molecule has 4 aliphatic carbocycles. The monoisotopic (exact) mass is 550 g/mol. The fourth-order valence-corrected chi connectivity index (χ4v) is 8.84. The van der Waals surface area contributed by atoms with Gasteiger partial charge in [0.1, 0.15) is 11.2 Å². The van der Waals surface area contributed by atoms with E-state index in [0.717, 1.165) is 55.3 Å². The number of rotatable bonds is 6. The molecule has 0 aromatic heterocycles. The number of fused-ring (bicyclic) bond motifs is 5. The number of esters is 2. The minimum Gasteiger partial charge on any atom is -0.460 e. The van der Waals surface area contributed by atoms with Gasteiger partial charge in [0.2, 0.25) is 0 Å². The summed E-state index contributed by atoms with van der Waals surface area (Å²) >= 11 is 0. The summed E-state index contributed by atoms with van der Waals surface area (Å²) in [4.78, 5) is 24.6. The van der Waals surface area contributed by atoms with Gasteiger partial charge in [0, 0.05) is 0 Å². The van der Waals surface area contributed by atoms with E-state index in [1.54, 1.807) is 0 Å². The van der Waals surface area contributed by atoms with Gasteiger partial charge < -0.3 is 9.47 Å². The third-order valence-electron chi connectivity index (χ3n) is 9.68. The first-order valence-corrected chi connectivity index (χ1v) is 15.6. The topological polar surface area (TPSA) is 52.6 Å². The Bertz CT molecular complexity index is 774. The van der Waals surface area contributed by atoms with Gasteiger partial charge in [-0.05, 0) is 127 Å². The summed E-state index contributed by atoms with van der Waals surface area (Å²) in [6.45, 7) is 21.0. The van der Waals surface area contributed by atoms with Crippen LogP contribution in [0.25, 0.3) is 0 Å². The SMILES string of the molecule is C.C.CCCC1CC(C)C2C3CC(C(=O)OC(C)(C)C)C(C3)C12.CCCC1CC(C)CC1C(=O)OC(C)(C)C. The highest BCUT2D eigenvalue weighted by atomic mass is 16.6. The summed E-state index contributed by atoms with van der Waals surface area (Å²) in [7, 11) is 0. The zero-order chi connectivity index (χ0) is 27.7. The Balaban J connectivity index is 0.000000385. The lowest BCUT2D eigenvalue weighted by atomic mass is 9.71. The molecule has 4 heteroatoms. The first-order chi connectivity index (χ1) is 17.1. The van der Waals surface area contributed by atoms with Gasteiger partial charge in [-0.15, -0.1) is 0 Å². The van der Waals surface area contributed by atoms with Crippen LogP contribution in [0.3, 0.4) is 0 Å². The summed E-state index contributed by atoms with van der Waals surface area (Å²) in [6.07, 6.45) is 11.0. The lowest BCUT2D eigenvalue weighted by molar-refractivity contribution is -0.163. The molecule has 4 fully saturated rings. The fraction of sp³-hybridized carbons (Fsp3) is 0.943. The summed E-state index contributed by atoms with van der Waals surface area (Å²) in [5.41, 5.74) is -0.691. The van der Waals surface area contributed by atoms with Crippen LogP contribution in [0.1, 0.15) is 142 Å². The molecule has 10 atom stereocenters. The van der Waals surface area contributed by atoms with E-state index in [-0.39, 0.29) is 49.8 Å². The third kappa shape index (κ3) is 8.96. The Morgan fingerprint density at radius 2 is 1.18 bits per heavy atom. The van der Waals surface area contributed by atoms with Crippen molar-refractivity contribution in [2.75, 3.05) is 0 Å². The van der Waals surface area contributed by atoms with Gasteiger partial charge in [-0.3, -0.25) is 9.59 Å². The molecule has 0 aromatic rings. The van der Waals surface area contributed by atoms with Gasteiger partial charge in [0.15, 0.2) is 0 Å². The van der Waals surface area contributed by atoms with Crippen molar-refractivity contribution in [3.63, 3.8) is 0 Å². The van der Waals surface area contributed by atoms with E-state index in [9.17, 15) is 9.59 Å². The Labute approximate surface area is 243 Å². The van der Waals surface area contributed by atoms with Crippen molar-refractivity contribution in [3.05, 3.63) is 0 Å². The predicted octanol–water partition coefficient (Wildman–Crippen LogP) is 9.74. The third-order valence-corrected chi connectivity index (χ3v) is 9.68. The van der Waals surface area contributed by atoms with Crippen molar-refractivity contribution in [2.24, 2.45) is 59.2 Å². The van der Waals surface area contributed by atoms with E-state index in [0.29, 0.717) is 17.8 Å². The molecule has 4 aliphatic rings. The first-order valence-electron chi connectivity index (χ1n) is 15.6. The molecule has 0 amide bonds. The number of carbonyl (C=O) groups is 2. The Hall–Kier alpha value is -1.06. The van der Waals surface area contributed by atoms with Crippen LogP contribution in [0.2, 0.25) is 0 Å². The molecule has 0 N–H and O–H groups in total. The van der Waals surface area contributed by atoms with Crippen molar-refractivity contribution in [1.82, 2.24) is 0 Å². The lowest BCUT2D eigenvalue weighted by Crippen LogP contribution is -2.37. The normalized spacial score (nSPS) is 36.7. The van der Waals surface area contributed by atoms with E-state index in [1.807, 2.05) is 41.5 Å². The highest BCUT2D eigenvalue weighted by Gasteiger charge is 2.61. The average molecular weight is 551 g/mol. The van der Waals surface area contributed by atoms with Gasteiger partial charge in [-0.25, -0.2) is 0 Å². The summed E-state index contributed by atoms with van der Waals surface area (Å²) < 4.78 is 11.2. The van der Waals surface area contributed by atoms with Crippen LogP contribution in [0, 0.1) is 59.2 Å². The average Bonchev–Trinajstić information content (AvgIpc) is 3.49. The minimum atomic E-state index is -0.348. The quantitative estimate of drug-likeness (QED) is 0.309. The molecular formula is C35H66O4. The van der Waals surface area contributed by atoms with Gasteiger partial charge in [-0.1, -0.05) is 61.8 Å². The summed E-state index contributed by atoms with van der Waals surface area (Å²) in [6, 6.07) is 0. The van der Waals surface area contributed by atoms with Crippen molar-refractivity contribution in [2.45, 2.75) is 153 Å². The number of ether oxygens (including phenoxy) is 2. The second-order valence-corrected chi connectivity index (χ2v) is 15.2. The van der Waals surface area contributed by atoms with Crippen LogP contribution in [0.4, 0.5) is 0 Å². The van der Waals surface area contributed by atoms with E-state index in [4.69, 9.17) is 9.47 Å². The van der Waals surface area contributed by atoms with Crippen molar-refractivity contribution in [1.29, 1.82) is 0 Å². The van der Waals surface area contributed by atoms with E-state index in [2.05, 4.69) is 27.7 Å². The van der Waals surface area contributed by atoms with Crippen LogP contribution in [0.15, 0.2) is 0 Å². The molecular weight excluding hydrogens is 484 g/mol. The lowest BCUT2D eigenvalue weighted by Gasteiger charge is -2.35. The molecule has 4 nitrogen and oxygen atoms in total. The molecule has 0 aliphatic heterocycles. The number of carbonyl (C=O) groups excluding carboxylic acids is 2. The molecule has 230 valence electrons. The van der Waals surface area contributed by atoms with Crippen LogP contribution in [-0.2, 0) is 19.1 Å². The number of hydrogen-bond donors (Lipinski definition) is 0. The van der Waals surface area contributed by atoms with Crippen molar-refractivity contribution in [3.8, 4) is 0 Å². The Morgan fingerprint density at radius 3 is 1.69 bits per heavy atom. The van der Waals surface area contributed by atoms with Gasteiger partial charge in [-0.2, -0.15) is 0 Å².